The van der Waals surface area contributed by atoms with Crippen molar-refractivity contribution in [2.24, 2.45) is 0 Å². The highest BCUT2D eigenvalue weighted by molar-refractivity contribution is 7.18. The van der Waals surface area contributed by atoms with Gasteiger partial charge in [0.25, 0.3) is 0 Å². The third kappa shape index (κ3) is 4.01. The lowest BCUT2D eigenvalue weighted by molar-refractivity contribution is -0.121. The van der Waals surface area contributed by atoms with Crippen molar-refractivity contribution in [2.45, 2.75) is 47.1 Å². The number of nitrogens with zero attached hydrogens (tertiary/aromatic N) is 3. The van der Waals surface area contributed by atoms with Gasteiger partial charge in [0.1, 0.15) is 16.5 Å². The maximum Gasteiger partial charge on any atom is 0.222 e. The van der Waals surface area contributed by atoms with E-state index in [0.29, 0.717) is 25.3 Å². The van der Waals surface area contributed by atoms with Gasteiger partial charge >= 0.3 is 0 Å². The molecule has 8 heteroatoms. The summed E-state index contributed by atoms with van der Waals surface area (Å²) in [5.74, 6) is 2.14. The third-order valence-electron chi connectivity index (χ3n) is 4.21. The van der Waals surface area contributed by atoms with Crippen LogP contribution in [0.2, 0.25) is 0 Å². The van der Waals surface area contributed by atoms with Gasteiger partial charge in [-0.25, -0.2) is 9.97 Å². The first-order valence-corrected chi connectivity index (χ1v) is 9.49. The molecule has 2 N–H and O–H groups in total. The molecule has 0 atom stereocenters. The van der Waals surface area contributed by atoms with Gasteiger partial charge in [0, 0.05) is 23.9 Å². The van der Waals surface area contributed by atoms with Crippen molar-refractivity contribution in [3.63, 3.8) is 0 Å². The molecule has 138 valence electrons. The molecule has 0 aliphatic heterocycles. The molecular formula is C18H23N5O2S. The van der Waals surface area contributed by atoms with Crippen LogP contribution in [0.4, 0.5) is 5.82 Å². The minimum absolute atomic E-state index is 0.0489. The zero-order chi connectivity index (χ0) is 18.7. The predicted octanol–water partition coefficient (Wildman–Crippen LogP) is 3.29. The molecule has 0 radical (unpaired) electrons. The Kier molecular flexibility index (Phi) is 5.51. The molecule has 0 fully saturated rings. The summed E-state index contributed by atoms with van der Waals surface area (Å²) in [5.41, 5.74) is 2.08. The van der Waals surface area contributed by atoms with E-state index in [9.17, 15) is 4.79 Å². The summed E-state index contributed by atoms with van der Waals surface area (Å²) in [6.45, 7) is 8.90. The topological polar surface area (TPSA) is 92.9 Å². The Morgan fingerprint density at radius 2 is 2.08 bits per heavy atom. The molecule has 26 heavy (non-hydrogen) atoms. The van der Waals surface area contributed by atoms with Crippen molar-refractivity contribution in [3.8, 4) is 0 Å². The van der Waals surface area contributed by atoms with Crippen LogP contribution in [0.25, 0.3) is 10.2 Å². The number of carbonyl (C=O) groups is 1. The fraction of sp³-hybridized carbons (Fsp3) is 0.444. The molecule has 0 unspecified atom stereocenters. The molecule has 3 rings (SSSR count). The number of hydrogen-bond donors (Lipinski definition) is 2. The Labute approximate surface area is 156 Å². The van der Waals surface area contributed by atoms with Crippen LogP contribution >= 0.6 is 11.3 Å². The number of nitrogens with one attached hydrogen (secondary N) is 2. The Morgan fingerprint density at radius 3 is 2.81 bits per heavy atom. The molecular weight excluding hydrogens is 350 g/mol. The van der Waals surface area contributed by atoms with E-state index in [0.717, 1.165) is 34.0 Å². The number of aromatic nitrogens is 3. The SMILES string of the molecule is CCc1cc(CNC(=O)CCNc2nc(C)nc3sc(C)c(C)c23)on1. The van der Waals surface area contributed by atoms with Gasteiger partial charge in [-0.05, 0) is 32.8 Å². The van der Waals surface area contributed by atoms with Crippen LogP contribution in [0.5, 0.6) is 0 Å². The highest BCUT2D eigenvalue weighted by Gasteiger charge is 2.13. The number of carbonyl (C=O) groups excluding carboxylic acids is 1. The van der Waals surface area contributed by atoms with Gasteiger partial charge in [-0.1, -0.05) is 12.1 Å². The number of anilines is 1. The van der Waals surface area contributed by atoms with Crippen molar-refractivity contribution in [1.29, 1.82) is 0 Å². The lowest BCUT2D eigenvalue weighted by Crippen LogP contribution is -2.24. The molecule has 0 aliphatic rings. The van der Waals surface area contributed by atoms with Crippen LogP contribution in [-0.2, 0) is 17.8 Å². The Balaban J connectivity index is 1.56. The van der Waals surface area contributed by atoms with Gasteiger partial charge in [-0.3, -0.25) is 4.79 Å². The molecule has 3 aromatic heterocycles. The van der Waals surface area contributed by atoms with E-state index in [1.165, 1.54) is 10.4 Å². The van der Waals surface area contributed by atoms with E-state index in [4.69, 9.17) is 4.52 Å². The highest BCUT2D eigenvalue weighted by Crippen LogP contribution is 2.33. The second-order valence-corrected chi connectivity index (χ2v) is 7.38. The number of rotatable bonds is 7. The van der Waals surface area contributed by atoms with Crippen molar-refractivity contribution in [2.75, 3.05) is 11.9 Å². The third-order valence-corrected chi connectivity index (χ3v) is 5.32. The molecule has 0 spiro atoms. The monoisotopic (exact) mass is 373 g/mol. The van der Waals surface area contributed by atoms with Gasteiger partial charge in [0.15, 0.2) is 5.76 Å². The number of amides is 1. The second kappa shape index (κ2) is 7.82. The molecule has 0 bridgehead atoms. The van der Waals surface area contributed by atoms with Crippen LogP contribution in [0.1, 0.15) is 41.1 Å². The maximum absolute atomic E-state index is 12.0. The molecule has 0 aromatic carbocycles. The van der Waals surface area contributed by atoms with Crippen molar-refractivity contribution in [1.82, 2.24) is 20.4 Å². The molecule has 7 nitrogen and oxygen atoms in total. The number of fused-ring (bicyclic) bond motifs is 1. The standard InChI is InChI=1S/C18H23N5O2S/c1-5-13-8-14(25-23-13)9-20-15(24)6-7-19-17-16-10(2)11(3)26-18(16)22-12(4)21-17/h8H,5-7,9H2,1-4H3,(H,20,24)(H,19,21,22). The van der Waals surface area contributed by atoms with Crippen molar-refractivity contribution in [3.05, 3.63) is 33.8 Å². The normalized spacial score (nSPS) is 11.1. The van der Waals surface area contributed by atoms with Gasteiger partial charge in [-0.2, -0.15) is 0 Å². The average Bonchev–Trinajstić information content (AvgIpc) is 3.17. The van der Waals surface area contributed by atoms with Gasteiger partial charge < -0.3 is 15.2 Å². The highest BCUT2D eigenvalue weighted by atomic mass is 32.1. The summed E-state index contributed by atoms with van der Waals surface area (Å²) in [6, 6.07) is 1.86. The Hall–Kier alpha value is -2.48. The minimum Gasteiger partial charge on any atom is -0.369 e. The molecule has 0 aliphatic carbocycles. The van der Waals surface area contributed by atoms with Crippen LogP contribution in [0.15, 0.2) is 10.6 Å². The summed E-state index contributed by atoms with van der Waals surface area (Å²) < 4.78 is 5.16. The average molecular weight is 373 g/mol. The van der Waals surface area contributed by atoms with E-state index in [1.807, 2.05) is 19.9 Å². The fourth-order valence-electron chi connectivity index (χ4n) is 2.66. The van der Waals surface area contributed by atoms with Crippen LogP contribution in [-0.4, -0.2) is 27.6 Å². The van der Waals surface area contributed by atoms with E-state index in [2.05, 4.69) is 39.6 Å². The Morgan fingerprint density at radius 1 is 1.27 bits per heavy atom. The molecule has 1 amide bonds. The summed E-state index contributed by atoms with van der Waals surface area (Å²) in [4.78, 5) is 23.3. The number of aryl methyl sites for hydroxylation is 4. The van der Waals surface area contributed by atoms with Crippen molar-refractivity contribution < 1.29 is 9.32 Å². The van der Waals surface area contributed by atoms with E-state index >= 15 is 0 Å². The summed E-state index contributed by atoms with van der Waals surface area (Å²) >= 11 is 1.67. The van der Waals surface area contributed by atoms with Crippen LogP contribution < -0.4 is 10.6 Å². The van der Waals surface area contributed by atoms with E-state index < -0.39 is 0 Å². The summed E-state index contributed by atoms with van der Waals surface area (Å²) in [6.07, 6.45) is 1.16. The van der Waals surface area contributed by atoms with E-state index in [1.54, 1.807) is 11.3 Å². The number of thiophene rings is 1. The lowest BCUT2D eigenvalue weighted by atomic mass is 10.2. The first-order chi connectivity index (χ1) is 12.5. The smallest absolute Gasteiger partial charge is 0.222 e. The van der Waals surface area contributed by atoms with Crippen LogP contribution in [0.3, 0.4) is 0 Å². The van der Waals surface area contributed by atoms with Gasteiger partial charge in [0.05, 0.1) is 17.6 Å². The maximum atomic E-state index is 12.0. The lowest BCUT2D eigenvalue weighted by Gasteiger charge is -2.08. The molecule has 0 saturated heterocycles. The van der Waals surface area contributed by atoms with Gasteiger partial charge in [0.2, 0.25) is 5.91 Å². The Bertz CT molecular complexity index is 931. The van der Waals surface area contributed by atoms with Gasteiger partial charge in [-0.15, -0.1) is 11.3 Å². The minimum atomic E-state index is -0.0489. The zero-order valence-electron chi connectivity index (χ0n) is 15.5. The number of hydrogen-bond acceptors (Lipinski definition) is 7. The molecule has 3 aromatic rings. The first-order valence-electron chi connectivity index (χ1n) is 8.67. The summed E-state index contributed by atoms with van der Waals surface area (Å²) in [7, 11) is 0. The summed E-state index contributed by atoms with van der Waals surface area (Å²) in [5, 5.41) is 11.1. The molecule has 3 heterocycles. The largest absolute Gasteiger partial charge is 0.369 e. The first kappa shape index (κ1) is 18.3. The molecule has 0 saturated carbocycles. The van der Waals surface area contributed by atoms with E-state index in [-0.39, 0.29) is 5.91 Å². The van der Waals surface area contributed by atoms with Crippen LogP contribution in [0, 0.1) is 20.8 Å². The van der Waals surface area contributed by atoms with Crippen molar-refractivity contribution >= 4 is 33.3 Å². The zero-order valence-corrected chi connectivity index (χ0v) is 16.3. The predicted molar refractivity (Wildman–Crippen MR) is 102 cm³/mol. The second-order valence-electron chi connectivity index (χ2n) is 6.17. The quantitative estimate of drug-likeness (QED) is 0.660. The fourth-order valence-corrected chi connectivity index (χ4v) is 3.73.